The van der Waals surface area contributed by atoms with E-state index < -0.39 is 0 Å². The molecule has 0 saturated carbocycles. The molecule has 2 N–H and O–H groups in total. The molecule has 0 spiro atoms. The van der Waals surface area contributed by atoms with Crippen molar-refractivity contribution in [1.29, 1.82) is 0 Å². The van der Waals surface area contributed by atoms with Gasteiger partial charge in [-0.3, -0.25) is 0 Å². The molecule has 0 aliphatic heterocycles. The Morgan fingerprint density at radius 3 is 2.47 bits per heavy atom. The minimum atomic E-state index is -0.0530. The first-order chi connectivity index (χ1) is 6.91. The topological polar surface area (TPSA) is 36.0 Å². The quantitative estimate of drug-likeness (QED) is 0.700. The van der Waals surface area contributed by atoms with Gasteiger partial charge in [0.15, 0.2) is 0 Å². The second-order valence-electron chi connectivity index (χ2n) is 4.76. The van der Waals surface area contributed by atoms with Crippen LogP contribution in [0.3, 0.4) is 0 Å². The third-order valence-electron chi connectivity index (χ3n) is 2.49. The highest BCUT2D eigenvalue weighted by atomic mass is 35.5. The Kier molecular flexibility index (Phi) is 2.19. The summed E-state index contributed by atoms with van der Waals surface area (Å²) in [5.74, 6) is 0.226. The summed E-state index contributed by atoms with van der Waals surface area (Å²) >= 11 is 6.26. The van der Waals surface area contributed by atoms with Crippen LogP contribution in [0.5, 0.6) is 5.75 Å². The zero-order chi connectivity index (χ0) is 11.2. The van der Waals surface area contributed by atoms with Crippen molar-refractivity contribution >= 4 is 22.5 Å². The van der Waals surface area contributed by atoms with Crippen molar-refractivity contribution < 1.29 is 5.11 Å². The Hall–Kier alpha value is -1.15. The lowest BCUT2D eigenvalue weighted by atomic mass is 9.92. The number of aromatic hydroxyl groups is 1. The summed E-state index contributed by atoms with van der Waals surface area (Å²) in [5, 5.41) is 11.1. The van der Waals surface area contributed by atoms with Crippen molar-refractivity contribution in [2.45, 2.75) is 26.2 Å². The Bertz CT molecular complexity index is 508. The fraction of sp³-hybridized carbons (Fsp3) is 0.333. The molecule has 0 fully saturated rings. The van der Waals surface area contributed by atoms with Crippen molar-refractivity contribution in [3.05, 3.63) is 28.9 Å². The Labute approximate surface area is 93.9 Å². The van der Waals surface area contributed by atoms with E-state index >= 15 is 0 Å². The molecule has 2 rings (SSSR count). The monoisotopic (exact) mass is 223 g/mol. The molecule has 0 aliphatic rings. The van der Waals surface area contributed by atoms with Gasteiger partial charge in [0.05, 0.1) is 15.9 Å². The van der Waals surface area contributed by atoms with E-state index in [0.717, 1.165) is 11.2 Å². The lowest BCUT2D eigenvalue weighted by Crippen LogP contribution is -2.11. The maximum absolute atomic E-state index is 9.73. The number of aromatic amines is 1. The lowest BCUT2D eigenvalue weighted by molar-refractivity contribution is 0.481. The van der Waals surface area contributed by atoms with Crippen molar-refractivity contribution in [3.63, 3.8) is 0 Å². The van der Waals surface area contributed by atoms with E-state index in [1.807, 2.05) is 6.07 Å². The molecule has 1 aromatic carbocycles. The second kappa shape index (κ2) is 3.17. The number of hydrogen-bond acceptors (Lipinski definition) is 1. The van der Waals surface area contributed by atoms with Gasteiger partial charge in [-0.1, -0.05) is 38.4 Å². The molecule has 2 aromatic rings. The van der Waals surface area contributed by atoms with Crippen LogP contribution in [0.1, 0.15) is 26.5 Å². The summed E-state index contributed by atoms with van der Waals surface area (Å²) in [6, 6.07) is 5.36. The average Bonchev–Trinajstić information content (AvgIpc) is 2.44. The molecule has 0 aliphatic carbocycles. The minimum Gasteiger partial charge on any atom is -0.507 e. The molecule has 2 nitrogen and oxygen atoms in total. The minimum absolute atomic E-state index is 0.0530. The van der Waals surface area contributed by atoms with Crippen molar-refractivity contribution in [3.8, 4) is 5.75 Å². The molecule has 80 valence electrons. The first kappa shape index (κ1) is 10.4. The molecule has 0 saturated heterocycles. The Morgan fingerprint density at radius 2 is 1.93 bits per heavy atom. The third kappa shape index (κ3) is 1.59. The smallest absolute Gasteiger partial charge is 0.126 e. The van der Waals surface area contributed by atoms with Crippen LogP contribution in [-0.2, 0) is 5.41 Å². The molecule has 1 heterocycles. The standard InChI is InChI=1S/C12H14ClNO/c1-12(2,3)11-10(13)9-7(14-11)5-4-6-8(9)15/h4-6,14-15H,1-3H3. The molecule has 3 heteroatoms. The van der Waals surface area contributed by atoms with E-state index in [-0.39, 0.29) is 11.2 Å². The Balaban J connectivity index is 2.82. The zero-order valence-corrected chi connectivity index (χ0v) is 9.81. The molecule has 0 atom stereocenters. The van der Waals surface area contributed by atoms with E-state index in [4.69, 9.17) is 11.6 Å². The SMILES string of the molecule is CC(C)(C)c1[nH]c2cccc(O)c2c1Cl. The van der Waals surface area contributed by atoms with Gasteiger partial charge in [-0.25, -0.2) is 0 Å². The van der Waals surface area contributed by atoms with E-state index in [1.54, 1.807) is 12.1 Å². The number of nitrogens with one attached hydrogen (secondary N) is 1. The highest BCUT2D eigenvalue weighted by molar-refractivity contribution is 6.37. The highest BCUT2D eigenvalue weighted by Crippen LogP contribution is 2.38. The molecular formula is C12H14ClNO. The van der Waals surface area contributed by atoms with E-state index in [9.17, 15) is 5.11 Å². The van der Waals surface area contributed by atoms with Gasteiger partial charge in [-0.15, -0.1) is 0 Å². The van der Waals surface area contributed by atoms with Crippen molar-refractivity contribution in [2.24, 2.45) is 0 Å². The summed E-state index contributed by atoms with van der Waals surface area (Å²) in [5.41, 5.74) is 1.79. The zero-order valence-electron chi connectivity index (χ0n) is 9.06. The largest absolute Gasteiger partial charge is 0.507 e. The summed E-state index contributed by atoms with van der Waals surface area (Å²) in [4.78, 5) is 3.25. The van der Waals surface area contributed by atoms with Crippen LogP contribution in [0.2, 0.25) is 5.02 Å². The van der Waals surface area contributed by atoms with Crippen molar-refractivity contribution in [1.82, 2.24) is 4.98 Å². The van der Waals surface area contributed by atoms with Gasteiger partial charge in [0.25, 0.3) is 0 Å². The number of hydrogen-bond donors (Lipinski definition) is 2. The maximum Gasteiger partial charge on any atom is 0.126 e. The number of fused-ring (bicyclic) bond motifs is 1. The van der Waals surface area contributed by atoms with Crippen LogP contribution in [0.15, 0.2) is 18.2 Å². The summed E-state index contributed by atoms with van der Waals surface area (Å²) in [6.07, 6.45) is 0. The summed E-state index contributed by atoms with van der Waals surface area (Å²) in [6.45, 7) is 6.25. The number of benzene rings is 1. The van der Waals surface area contributed by atoms with E-state index in [0.29, 0.717) is 10.4 Å². The van der Waals surface area contributed by atoms with Gasteiger partial charge in [0, 0.05) is 11.1 Å². The van der Waals surface area contributed by atoms with Crippen LogP contribution < -0.4 is 0 Å². The third-order valence-corrected chi connectivity index (χ3v) is 2.87. The fourth-order valence-corrected chi connectivity index (χ4v) is 2.24. The van der Waals surface area contributed by atoms with Crippen LogP contribution in [0.25, 0.3) is 10.9 Å². The predicted molar refractivity (Wildman–Crippen MR) is 63.7 cm³/mol. The summed E-state index contributed by atoms with van der Waals surface area (Å²) in [7, 11) is 0. The first-order valence-electron chi connectivity index (χ1n) is 4.91. The molecule has 0 bridgehead atoms. The van der Waals surface area contributed by atoms with Gasteiger partial charge < -0.3 is 10.1 Å². The molecule has 15 heavy (non-hydrogen) atoms. The number of H-pyrrole nitrogens is 1. The Morgan fingerprint density at radius 1 is 1.27 bits per heavy atom. The number of aromatic nitrogens is 1. The van der Waals surface area contributed by atoms with Gasteiger partial charge in [-0.2, -0.15) is 0 Å². The van der Waals surface area contributed by atoms with E-state index in [1.165, 1.54) is 0 Å². The lowest BCUT2D eigenvalue weighted by Gasteiger charge is -2.16. The van der Waals surface area contributed by atoms with Crippen LogP contribution >= 0.6 is 11.6 Å². The van der Waals surface area contributed by atoms with Gasteiger partial charge in [-0.05, 0) is 12.1 Å². The van der Waals surface area contributed by atoms with Crippen LogP contribution in [0.4, 0.5) is 0 Å². The normalized spacial score (nSPS) is 12.3. The molecule has 1 aromatic heterocycles. The number of halogens is 1. The maximum atomic E-state index is 9.73. The number of phenolic OH excluding ortho intramolecular Hbond substituents is 1. The molecule has 0 radical (unpaired) electrons. The van der Waals surface area contributed by atoms with Crippen molar-refractivity contribution in [2.75, 3.05) is 0 Å². The first-order valence-corrected chi connectivity index (χ1v) is 5.28. The number of phenols is 1. The molecule has 0 amide bonds. The fourth-order valence-electron chi connectivity index (χ4n) is 1.71. The molecule has 0 unspecified atom stereocenters. The average molecular weight is 224 g/mol. The second-order valence-corrected chi connectivity index (χ2v) is 5.14. The van der Waals surface area contributed by atoms with Crippen LogP contribution in [0, 0.1) is 0 Å². The molecular weight excluding hydrogens is 210 g/mol. The van der Waals surface area contributed by atoms with Gasteiger partial charge >= 0.3 is 0 Å². The van der Waals surface area contributed by atoms with Crippen LogP contribution in [-0.4, -0.2) is 10.1 Å². The van der Waals surface area contributed by atoms with Gasteiger partial charge in [0.1, 0.15) is 5.75 Å². The number of rotatable bonds is 0. The highest BCUT2D eigenvalue weighted by Gasteiger charge is 2.22. The summed E-state index contributed by atoms with van der Waals surface area (Å²) < 4.78 is 0. The predicted octanol–water partition coefficient (Wildman–Crippen LogP) is 3.82. The van der Waals surface area contributed by atoms with Gasteiger partial charge in [0.2, 0.25) is 0 Å². The van der Waals surface area contributed by atoms with E-state index in [2.05, 4.69) is 25.8 Å².